The van der Waals surface area contributed by atoms with Crippen LogP contribution in [0.1, 0.15) is 31.2 Å². The van der Waals surface area contributed by atoms with Crippen LogP contribution in [0.5, 0.6) is 11.5 Å². The molecule has 0 saturated carbocycles. The van der Waals surface area contributed by atoms with Crippen LogP contribution < -0.4 is 10.3 Å². The van der Waals surface area contributed by atoms with Gasteiger partial charge in [-0.15, -0.1) is 0 Å². The lowest BCUT2D eigenvalue weighted by molar-refractivity contribution is 0.373. The van der Waals surface area contributed by atoms with Gasteiger partial charge in [0.1, 0.15) is 5.82 Å². The molecule has 3 rings (SSSR count). The molecule has 0 unspecified atom stereocenters. The number of nitrogens with zero attached hydrogens (tertiary/aromatic N) is 3. The van der Waals surface area contributed by atoms with Crippen LogP contribution in [0.15, 0.2) is 44.7 Å². The maximum atomic E-state index is 13.0. The van der Waals surface area contributed by atoms with Crippen molar-refractivity contribution in [3.05, 3.63) is 61.6 Å². The number of benzene rings is 2. The fourth-order valence-corrected chi connectivity index (χ4v) is 3.18. The van der Waals surface area contributed by atoms with E-state index in [2.05, 4.69) is 26.0 Å². The number of methoxy groups -OCH3 is 1. The highest BCUT2D eigenvalue weighted by Gasteiger charge is 2.14. The van der Waals surface area contributed by atoms with E-state index in [0.717, 1.165) is 4.47 Å². The van der Waals surface area contributed by atoms with Crippen molar-refractivity contribution >= 4 is 44.6 Å². The van der Waals surface area contributed by atoms with Crippen LogP contribution >= 0.6 is 27.5 Å². The minimum atomic E-state index is -0.266. The maximum absolute atomic E-state index is 13.0. The first-order valence-electron chi connectivity index (χ1n) is 8.15. The SMILES string of the molecule is COc1cc(C=Nn2c(C(C)C)nc3ccc(Br)cc3c2=O)cc(Cl)c1O. The number of hydrogen-bond acceptors (Lipinski definition) is 5. The molecule has 0 aliphatic carbocycles. The van der Waals surface area contributed by atoms with Crippen molar-refractivity contribution in [3.63, 3.8) is 0 Å². The van der Waals surface area contributed by atoms with E-state index >= 15 is 0 Å². The molecule has 1 aromatic heterocycles. The van der Waals surface area contributed by atoms with Crippen LogP contribution in [-0.4, -0.2) is 28.1 Å². The molecule has 0 aliphatic heterocycles. The number of ether oxygens (including phenoxy) is 1. The molecule has 0 fully saturated rings. The van der Waals surface area contributed by atoms with Gasteiger partial charge < -0.3 is 9.84 Å². The van der Waals surface area contributed by atoms with Crippen LogP contribution in [0.4, 0.5) is 0 Å². The van der Waals surface area contributed by atoms with E-state index in [-0.39, 0.29) is 28.0 Å². The highest BCUT2D eigenvalue weighted by atomic mass is 79.9. The predicted molar refractivity (Wildman–Crippen MR) is 110 cm³/mol. The zero-order valence-corrected chi connectivity index (χ0v) is 17.2. The first-order valence-corrected chi connectivity index (χ1v) is 9.32. The third-order valence-corrected chi connectivity index (χ3v) is 4.72. The number of aromatic nitrogens is 2. The van der Waals surface area contributed by atoms with Gasteiger partial charge in [-0.05, 0) is 35.9 Å². The summed E-state index contributed by atoms with van der Waals surface area (Å²) in [6.07, 6.45) is 1.48. The average Bonchev–Trinajstić information content (AvgIpc) is 2.63. The van der Waals surface area contributed by atoms with Crippen molar-refractivity contribution in [3.8, 4) is 11.5 Å². The Morgan fingerprint density at radius 2 is 2.07 bits per heavy atom. The molecule has 0 aliphatic rings. The number of aromatic hydroxyl groups is 1. The van der Waals surface area contributed by atoms with Crippen LogP contribution in [0.3, 0.4) is 0 Å². The van der Waals surface area contributed by atoms with Gasteiger partial charge in [0, 0.05) is 10.4 Å². The summed E-state index contributed by atoms with van der Waals surface area (Å²) in [5.41, 5.74) is 0.927. The Hall–Kier alpha value is -2.38. The van der Waals surface area contributed by atoms with Gasteiger partial charge in [-0.3, -0.25) is 4.79 Å². The van der Waals surface area contributed by atoms with Crippen molar-refractivity contribution in [2.24, 2.45) is 5.10 Å². The Balaban J connectivity index is 2.17. The lowest BCUT2D eigenvalue weighted by Crippen LogP contribution is -2.23. The highest BCUT2D eigenvalue weighted by molar-refractivity contribution is 9.10. The Morgan fingerprint density at radius 3 is 2.74 bits per heavy atom. The van der Waals surface area contributed by atoms with Gasteiger partial charge in [0.05, 0.1) is 29.2 Å². The molecular formula is C19H17BrClN3O3. The smallest absolute Gasteiger partial charge is 0.282 e. The molecule has 27 heavy (non-hydrogen) atoms. The number of halogens is 2. The number of rotatable bonds is 4. The molecule has 0 saturated heterocycles. The van der Waals surface area contributed by atoms with E-state index < -0.39 is 0 Å². The normalized spacial score (nSPS) is 11.6. The molecule has 0 spiro atoms. The van der Waals surface area contributed by atoms with Gasteiger partial charge in [0.15, 0.2) is 11.5 Å². The minimum absolute atomic E-state index is 0.0131. The average molecular weight is 451 g/mol. The second-order valence-electron chi connectivity index (χ2n) is 6.20. The Bertz CT molecular complexity index is 1110. The Morgan fingerprint density at radius 1 is 1.33 bits per heavy atom. The lowest BCUT2D eigenvalue weighted by atomic mass is 10.2. The third-order valence-electron chi connectivity index (χ3n) is 3.94. The van der Waals surface area contributed by atoms with E-state index in [4.69, 9.17) is 16.3 Å². The lowest BCUT2D eigenvalue weighted by Gasteiger charge is -2.12. The van der Waals surface area contributed by atoms with Crippen LogP contribution in [-0.2, 0) is 0 Å². The van der Waals surface area contributed by atoms with Gasteiger partial charge >= 0.3 is 0 Å². The summed E-state index contributed by atoms with van der Waals surface area (Å²) < 4.78 is 7.17. The topological polar surface area (TPSA) is 76.7 Å². The Labute approximate surface area is 169 Å². The third kappa shape index (κ3) is 3.84. The number of phenols is 1. The van der Waals surface area contributed by atoms with Crippen molar-refractivity contribution in [1.82, 2.24) is 9.66 Å². The number of fused-ring (bicyclic) bond motifs is 1. The van der Waals surface area contributed by atoms with Crippen molar-refractivity contribution in [2.75, 3.05) is 7.11 Å². The van der Waals surface area contributed by atoms with E-state index in [9.17, 15) is 9.90 Å². The fraction of sp³-hybridized carbons (Fsp3) is 0.211. The molecule has 6 nitrogen and oxygen atoms in total. The largest absolute Gasteiger partial charge is 0.503 e. The predicted octanol–water partition coefficient (Wildman–Crippen LogP) is 4.53. The quantitative estimate of drug-likeness (QED) is 0.592. The van der Waals surface area contributed by atoms with Crippen LogP contribution in [0, 0.1) is 0 Å². The van der Waals surface area contributed by atoms with Gasteiger partial charge in [0.25, 0.3) is 5.56 Å². The summed E-state index contributed by atoms with van der Waals surface area (Å²) in [7, 11) is 1.43. The molecule has 140 valence electrons. The zero-order chi connectivity index (χ0) is 19.7. The summed E-state index contributed by atoms with van der Waals surface area (Å²) in [6, 6.07) is 8.48. The molecular weight excluding hydrogens is 434 g/mol. The number of phenolic OH excluding ortho intramolecular Hbond substituents is 1. The van der Waals surface area contributed by atoms with Crippen molar-refractivity contribution < 1.29 is 9.84 Å². The van der Waals surface area contributed by atoms with Crippen LogP contribution in [0.2, 0.25) is 5.02 Å². The first-order chi connectivity index (χ1) is 12.8. The summed E-state index contributed by atoms with van der Waals surface area (Å²) in [5.74, 6) is 0.610. The van der Waals surface area contributed by atoms with Crippen molar-refractivity contribution in [2.45, 2.75) is 19.8 Å². The molecule has 0 atom stereocenters. The zero-order valence-electron chi connectivity index (χ0n) is 14.9. The maximum Gasteiger partial charge on any atom is 0.282 e. The van der Waals surface area contributed by atoms with Gasteiger partial charge in [0.2, 0.25) is 0 Å². The van der Waals surface area contributed by atoms with E-state index in [1.165, 1.54) is 24.1 Å². The summed E-state index contributed by atoms with van der Waals surface area (Å²) in [4.78, 5) is 17.6. The van der Waals surface area contributed by atoms with E-state index in [1.54, 1.807) is 18.2 Å². The first kappa shape index (κ1) is 19.4. The molecule has 0 amide bonds. The summed E-state index contributed by atoms with van der Waals surface area (Å²) >= 11 is 9.39. The minimum Gasteiger partial charge on any atom is -0.503 e. The molecule has 3 aromatic rings. The molecule has 8 heteroatoms. The summed E-state index contributed by atoms with van der Waals surface area (Å²) in [5, 5.41) is 14.8. The van der Waals surface area contributed by atoms with E-state index in [0.29, 0.717) is 22.3 Å². The molecule has 1 N–H and O–H groups in total. The second-order valence-corrected chi connectivity index (χ2v) is 7.52. The van der Waals surface area contributed by atoms with Crippen molar-refractivity contribution in [1.29, 1.82) is 0 Å². The standard InChI is InChI=1S/C19H17BrClN3O3/c1-10(2)18-23-15-5-4-12(20)8-13(15)19(26)24(18)22-9-11-6-14(21)17(25)16(7-11)27-3/h4-10,25H,1-3H3. The highest BCUT2D eigenvalue weighted by Crippen LogP contribution is 2.34. The second kappa shape index (κ2) is 7.70. The number of hydrogen-bond donors (Lipinski definition) is 1. The molecule has 1 heterocycles. The molecule has 2 aromatic carbocycles. The van der Waals surface area contributed by atoms with Gasteiger partial charge in [-0.2, -0.15) is 9.78 Å². The molecule has 0 radical (unpaired) electrons. The molecule has 0 bridgehead atoms. The Kier molecular flexibility index (Phi) is 5.53. The fourth-order valence-electron chi connectivity index (χ4n) is 2.60. The van der Waals surface area contributed by atoms with Gasteiger partial charge in [-0.1, -0.05) is 41.4 Å². The van der Waals surface area contributed by atoms with Gasteiger partial charge in [-0.25, -0.2) is 4.98 Å². The van der Waals surface area contributed by atoms with E-state index in [1.807, 2.05) is 19.9 Å². The monoisotopic (exact) mass is 449 g/mol. The van der Waals surface area contributed by atoms with Crippen LogP contribution in [0.25, 0.3) is 10.9 Å². The summed E-state index contributed by atoms with van der Waals surface area (Å²) in [6.45, 7) is 3.89.